The minimum absolute atomic E-state index is 0.615. The van der Waals surface area contributed by atoms with E-state index in [0.29, 0.717) is 18.8 Å². The third-order valence-corrected chi connectivity index (χ3v) is 2.74. The van der Waals surface area contributed by atoms with Gasteiger partial charge in [0.2, 0.25) is 0 Å². The Labute approximate surface area is 107 Å². The average Bonchev–Trinajstić information content (AvgIpc) is 2.40. The molecule has 3 N–H and O–H groups in total. The molecule has 4 heteroatoms. The number of benzene rings is 1. The molecule has 2 aromatic rings. The maximum Gasteiger partial charge on any atom is 0.0736 e. The van der Waals surface area contributed by atoms with E-state index in [1.54, 1.807) is 19.5 Å². The summed E-state index contributed by atoms with van der Waals surface area (Å²) < 4.78 is 5.18. The summed E-state index contributed by atoms with van der Waals surface area (Å²) in [6.45, 7) is 1.33. The Morgan fingerprint density at radius 2 is 2.00 bits per heavy atom. The van der Waals surface area contributed by atoms with Gasteiger partial charge in [-0.2, -0.15) is 0 Å². The molecule has 0 radical (unpaired) electrons. The molecule has 0 amide bonds. The van der Waals surface area contributed by atoms with Crippen LogP contribution in [0.25, 0.3) is 0 Å². The Morgan fingerprint density at radius 3 is 2.72 bits per heavy atom. The Hall–Kier alpha value is -2.07. The molecule has 1 aromatic carbocycles. The first kappa shape index (κ1) is 12.4. The molecule has 0 unspecified atom stereocenters. The van der Waals surface area contributed by atoms with Crippen molar-refractivity contribution in [1.82, 2.24) is 4.98 Å². The zero-order valence-corrected chi connectivity index (χ0v) is 10.4. The lowest BCUT2D eigenvalue weighted by Gasteiger charge is -2.12. The van der Waals surface area contributed by atoms with Gasteiger partial charge < -0.3 is 15.8 Å². The topological polar surface area (TPSA) is 60.2 Å². The highest BCUT2D eigenvalue weighted by Crippen LogP contribution is 2.18. The zero-order chi connectivity index (χ0) is 12.8. The number of nitrogens with zero attached hydrogens (tertiary/aromatic N) is 1. The van der Waals surface area contributed by atoms with Crippen LogP contribution in [0.3, 0.4) is 0 Å². The standard InChI is InChI=1S/C14H17N3O/c1-18-10-12-5-3-2-4-11(12)8-17-14-6-7-16-9-13(14)15/h2-7,9H,8,10,15H2,1H3,(H,16,17). The third kappa shape index (κ3) is 2.99. The maximum absolute atomic E-state index is 5.83. The summed E-state index contributed by atoms with van der Waals surface area (Å²) >= 11 is 0. The molecule has 0 spiro atoms. The number of hydrogen-bond donors (Lipinski definition) is 2. The normalized spacial score (nSPS) is 10.3. The fourth-order valence-electron chi connectivity index (χ4n) is 1.78. The fourth-order valence-corrected chi connectivity index (χ4v) is 1.78. The van der Waals surface area contributed by atoms with Gasteiger partial charge in [0.1, 0.15) is 0 Å². The van der Waals surface area contributed by atoms with Crippen LogP contribution in [0.1, 0.15) is 11.1 Å². The van der Waals surface area contributed by atoms with E-state index in [1.165, 1.54) is 11.1 Å². The van der Waals surface area contributed by atoms with E-state index in [2.05, 4.69) is 22.4 Å². The number of ether oxygens (including phenoxy) is 1. The summed E-state index contributed by atoms with van der Waals surface area (Å²) in [4.78, 5) is 3.96. The molecule has 0 fully saturated rings. The first-order valence-electron chi connectivity index (χ1n) is 5.80. The number of nitrogen functional groups attached to an aromatic ring is 1. The van der Waals surface area contributed by atoms with E-state index in [-0.39, 0.29) is 0 Å². The zero-order valence-electron chi connectivity index (χ0n) is 10.4. The molecule has 4 nitrogen and oxygen atoms in total. The van der Waals surface area contributed by atoms with Crippen LogP contribution in [0.2, 0.25) is 0 Å². The molecular formula is C14H17N3O. The molecular weight excluding hydrogens is 226 g/mol. The number of nitrogens with one attached hydrogen (secondary N) is 1. The molecule has 0 aliphatic heterocycles. The van der Waals surface area contributed by atoms with Gasteiger partial charge in [-0.1, -0.05) is 24.3 Å². The van der Waals surface area contributed by atoms with Crippen LogP contribution in [0, 0.1) is 0 Å². The third-order valence-electron chi connectivity index (χ3n) is 2.74. The molecule has 0 atom stereocenters. The first-order valence-corrected chi connectivity index (χ1v) is 5.80. The number of nitrogens with two attached hydrogens (primary N) is 1. The van der Waals surface area contributed by atoms with Crippen LogP contribution in [0.5, 0.6) is 0 Å². The van der Waals surface area contributed by atoms with Crippen molar-refractivity contribution in [2.75, 3.05) is 18.2 Å². The smallest absolute Gasteiger partial charge is 0.0736 e. The quantitative estimate of drug-likeness (QED) is 0.846. The molecule has 1 aromatic heterocycles. The van der Waals surface area contributed by atoms with E-state index in [0.717, 1.165) is 5.69 Å². The van der Waals surface area contributed by atoms with Crippen molar-refractivity contribution in [3.05, 3.63) is 53.9 Å². The SMILES string of the molecule is COCc1ccccc1CNc1ccncc1N. The van der Waals surface area contributed by atoms with Crippen LogP contribution in [0.15, 0.2) is 42.7 Å². The van der Waals surface area contributed by atoms with Crippen molar-refractivity contribution in [3.63, 3.8) is 0 Å². The minimum Gasteiger partial charge on any atom is -0.396 e. The van der Waals surface area contributed by atoms with Gasteiger partial charge in [-0.05, 0) is 17.2 Å². The number of aromatic nitrogens is 1. The number of rotatable bonds is 5. The summed E-state index contributed by atoms with van der Waals surface area (Å²) in [6.07, 6.45) is 3.36. The average molecular weight is 243 g/mol. The lowest BCUT2D eigenvalue weighted by atomic mass is 10.1. The van der Waals surface area contributed by atoms with Gasteiger partial charge in [-0.15, -0.1) is 0 Å². The predicted octanol–water partition coefficient (Wildman–Crippen LogP) is 2.42. The highest BCUT2D eigenvalue weighted by Gasteiger charge is 2.02. The van der Waals surface area contributed by atoms with Crippen molar-refractivity contribution < 1.29 is 4.74 Å². The van der Waals surface area contributed by atoms with Gasteiger partial charge in [-0.3, -0.25) is 4.98 Å². The van der Waals surface area contributed by atoms with Gasteiger partial charge in [-0.25, -0.2) is 0 Å². The van der Waals surface area contributed by atoms with Crippen LogP contribution < -0.4 is 11.1 Å². The summed E-state index contributed by atoms with van der Waals surface area (Å²) in [6, 6.07) is 10.0. The number of hydrogen-bond acceptors (Lipinski definition) is 4. The van der Waals surface area contributed by atoms with Gasteiger partial charge in [0.25, 0.3) is 0 Å². The number of anilines is 2. The monoisotopic (exact) mass is 243 g/mol. The highest BCUT2D eigenvalue weighted by atomic mass is 16.5. The second kappa shape index (κ2) is 6.02. The molecule has 0 saturated heterocycles. The van der Waals surface area contributed by atoms with Crippen LogP contribution in [-0.2, 0) is 17.9 Å². The fraction of sp³-hybridized carbons (Fsp3) is 0.214. The Balaban J connectivity index is 2.08. The second-order valence-electron chi connectivity index (χ2n) is 4.02. The Morgan fingerprint density at radius 1 is 1.22 bits per heavy atom. The predicted molar refractivity (Wildman–Crippen MR) is 73.1 cm³/mol. The summed E-state index contributed by atoms with van der Waals surface area (Å²) in [7, 11) is 1.70. The molecule has 0 aliphatic carbocycles. The van der Waals surface area contributed by atoms with E-state index in [9.17, 15) is 0 Å². The molecule has 94 valence electrons. The first-order chi connectivity index (χ1) is 8.81. The molecule has 0 bridgehead atoms. The largest absolute Gasteiger partial charge is 0.396 e. The summed E-state index contributed by atoms with van der Waals surface area (Å²) in [5.74, 6) is 0. The number of pyridine rings is 1. The van der Waals surface area contributed by atoms with E-state index < -0.39 is 0 Å². The van der Waals surface area contributed by atoms with Crippen molar-refractivity contribution in [1.29, 1.82) is 0 Å². The minimum atomic E-state index is 0.615. The highest BCUT2D eigenvalue weighted by molar-refractivity contribution is 5.64. The van der Waals surface area contributed by atoms with Crippen molar-refractivity contribution >= 4 is 11.4 Å². The van der Waals surface area contributed by atoms with Crippen LogP contribution in [0.4, 0.5) is 11.4 Å². The summed E-state index contributed by atoms with van der Waals surface area (Å²) in [5.41, 5.74) is 9.77. The second-order valence-corrected chi connectivity index (χ2v) is 4.02. The molecule has 1 heterocycles. The molecule has 18 heavy (non-hydrogen) atoms. The Kier molecular flexibility index (Phi) is 4.15. The van der Waals surface area contributed by atoms with Crippen molar-refractivity contribution in [2.24, 2.45) is 0 Å². The van der Waals surface area contributed by atoms with E-state index in [1.807, 2.05) is 18.2 Å². The molecule has 0 saturated carbocycles. The number of methoxy groups -OCH3 is 1. The Bertz CT molecular complexity index is 514. The summed E-state index contributed by atoms with van der Waals surface area (Å²) in [5, 5.41) is 3.31. The van der Waals surface area contributed by atoms with Gasteiger partial charge >= 0.3 is 0 Å². The van der Waals surface area contributed by atoms with Crippen molar-refractivity contribution in [3.8, 4) is 0 Å². The van der Waals surface area contributed by atoms with Gasteiger partial charge in [0.05, 0.1) is 24.2 Å². The lowest BCUT2D eigenvalue weighted by molar-refractivity contribution is 0.184. The van der Waals surface area contributed by atoms with E-state index >= 15 is 0 Å². The van der Waals surface area contributed by atoms with Crippen LogP contribution in [-0.4, -0.2) is 12.1 Å². The van der Waals surface area contributed by atoms with Crippen molar-refractivity contribution in [2.45, 2.75) is 13.2 Å². The van der Waals surface area contributed by atoms with E-state index in [4.69, 9.17) is 10.5 Å². The molecule has 0 aliphatic rings. The maximum atomic E-state index is 5.83. The van der Waals surface area contributed by atoms with Gasteiger partial charge in [0, 0.05) is 19.9 Å². The van der Waals surface area contributed by atoms with Gasteiger partial charge in [0.15, 0.2) is 0 Å². The molecule has 2 rings (SSSR count). The van der Waals surface area contributed by atoms with Crippen LogP contribution >= 0.6 is 0 Å². The lowest BCUT2D eigenvalue weighted by Crippen LogP contribution is -2.05.